The van der Waals surface area contributed by atoms with E-state index in [0.29, 0.717) is 0 Å². The van der Waals surface area contributed by atoms with E-state index in [2.05, 4.69) is 43.3 Å². The molecule has 0 aliphatic heterocycles. The first-order chi connectivity index (χ1) is 5.79. The van der Waals surface area contributed by atoms with Crippen LogP contribution in [0.3, 0.4) is 0 Å². The summed E-state index contributed by atoms with van der Waals surface area (Å²) in [4.78, 5) is 0. The summed E-state index contributed by atoms with van der Waals surface area (Å²) in [6.07, 6.45) is 2.08. The minimum absolute atomic E-state index is 0.938. The molecule has 0 radical (unpaired) electrons. The van der Waals surface area contributed by atoms with Crippen LogP contribution >= 0.6 is 0 Å². The van der Waals surface area contributed by atoms with E-state index in [1.54, 1.807) is 0 Å². The zero-order chi connectivity index (χ0) is 8.55. The van der Waals surface area contributed by atoms with E-state index >= 15 is 0 Å². The van der Waals surface area contributed by atoms with Crippen LogP contribution in [0.25, 0.3) is 10.9 Å². The zero-order valence-electron chi connectivity index (χ0n) is 7.41. The number of aromatic nitrogens is 2. The van der Waals surface area contributed by atoms with Gasteiger partial charge in [-0.05, 0) is 25.5 Å². The van der Waals surface area contributed by atoms with Crippen molar-refractivity contribution in [1.29, 1.82) is 0 Å². The molecule has 2 rings (SSSR count). The third-order valence-corrected chi connectivity index (χ3v) is 2.03. The molecule has 1 aromatic heterocycles. The van der Waals surface area contributed by atoms with E-state index in [9.17, 15) is 0 Å². The van der Waals surface area contributed by atoms with Crippen LogP contribution in [0, 0.1) is 6.92 Å². The lowest BCUT2D eigenvalue weighted by Gasteiger charge is -1.89. The molecular formula is C10H12N2. The summed E-state index contributed by atoms with van der Waals surface area (Å²) in [5, 5.41) is 5.63. The third kappa shape index (κ3) is 1.09. The molecule has 0 bridgehead atoms. The summed E-state index contributed by atoms with van der Waals surface area (Å²) in [5.74, 6) is 0. The topological polar surface area (TPSA) is 17.8 Å². The molecule has 1 aromatic carbocycles. The Balaban J connectivity index is 2.67. The molecule has 1 heterocycles. The van der Waals surface area contributed by atoms with Gasteiger partial charge in [0.15, 0.2) is 0 Å². The number of fused-ring (bicyclic) bond motifs is 1. The van der Waals surface area contributed by atoms with Crippen LogP contribution in [0.15, 0.2) is 24.4 Å². The highest BCUT2D eigenvalue weighted by Gasteiger charge is 1.97. The quantitative estimate of drug-likeness (QED) is 0.626. The van der Waals surface area contributed by atoms with Crippen LogP contribution in [0.2, 0.25) is 0 Å². The van der Waals surface area contributed by atoms with Gasteiger partial charge in [0.25, 0.3) is 0 Å². The molecule has 0 unspecified atom stereocenters. The van der Waals surface area contributed by atoms with Gasteiger partial charge in [-0.15, -0.1) is 0 Å². The van der Waals surface area contributed by atoms with Crippen molar-refractivity contribution in [3.05, 3.63) is 30.0 Å². The Labute approximate surface area is 71.8 Å². The molecule has 0 spiro atoms. The molecule has 0 fully saturated rings. The van der Waals surface area contributed by atoms with E-state index in [-0.39, 0.29) is 0 Å². The van der Waals surface area contributed by atoms with Gasteiger partial charge in [0.05, 0.1) is 5.52 Å². The Morgan fingerprint density at radius 3 is 3.00 bits per heavy atom. The number of hydrogen-bond donors (Lipinski definition) is 0. The van der Waals surface area contributed by atoms with Gasteiger partial charge < -0.3 is 0 Å². The van der Waals surface area contributed by atoms with Gasteiger partial charge in [-0.1, -0.05) is 12.1 Å². The molecule has 12 heavy (non-hydrogen) atoms. The summed E-state index contributed by atoms with van der Waals surface area (Å²) >= 11 is 0. The van der Waals surface area contributed by atoms with Crippen molar-refractivity contribution in [1.82, 2.24) is 9.78 Å². The molecule has 0 saturated carbocycles. The maximum atomic E-state index is 4.41. The molecule has 0 amide bonds. The first-order valence-electron chi connectivity index (χ1n) is 4.23. The maximum Gasteiger partial charge on any atom is 0.0925 e. The summed E-state index contributed by atoms with van der Waals surface area (Å²) in [6.45, 7) is 5.12. The van der Waals surface area contributed by atoms with E-state index < -0.39 is 0 Å². The number of hydrogen-bond acceptors (Lipinski definition) is 1. The molecule has 0 aliphatic rings. The van der Waals surface area contributed by atoms with Gasteiger partial charge in [0.1, 0.15) is 0 Å². The standard InChI is InChI=1S/C10H12N2/c1-3-12-7-9-5-4-8(2)6-10(9)11-12/h4-7H,3H2,1-2H3. The van der Waals surface area contributed by atoms with Crippen molar-refractivity contribution in [3.63, 3.8) is 0 Å². The number of rotatable bonds is 1. The SMILES string of the molecule is CCn1cc2ccc(C)cc2n1. The van der Waals surface area contributed by atoms with Crippen LogP contribution in [0.5, 0.6) is 0 Å². The fraction of sp³-hybridized carbons (Fsp3) is 0.300. The molecule has 2 nitrogen and oxygen atoms in total. The lowest BCUT2D eigenvalue weighted by molar-refractivity contribution is 0.668. The molecule has 2 aromatic rings. The van der Waals surface area contributed by atoms with Gasteiger partial charge in [-0.25, -0.2) is 0 Å². The van der Waals surface area contributed by atoms with Gasteiger partial charge >= 0.3 is 0 Å². The van der Waals surface area contributed by atoms with Crippen LogP contribution in [-0.2, 0) is 6.54 Å². The zero-order valence-corrected chi connectivity index (χ0v) is 7.41. The van der Waals surface area contributed by atoms with E-state index in [0.717, 1.165) is 12.1 Å². The summed E-state index contributed by atoms with van der Waals surface area (Å²) in [7, 11) is 0. The number of aryl methyl sites for hydroxylation is 2. The smallest absolute Gasteiger partial charge is 0.0925 e. The summed E-state index contributed by atoms with van der Waals surface area (Å²) in [6, 6.07) is 6.34. The molecule has 2 heteroatoms. The molecule has 0 aliphatic carbocycles. The van der Waals surface area contributed by atoms with Crippen LogP contribution in [-0.4, -0.2) is 9.78 Å². The lowest BCUT2D eigenvalue weighted by Crippen LogP contribution is -1.92. The number of nitrogens with zero attached hydrogens (tertiary/aromatic N) is 2. The summed E-state index contributed by atoms with van der Waals surface area (Å²) in [5.41, 5.74) is 2.36. The molecular weight excluding hydrogens is 148 g/mol. The summed E-state index contributed by atoms with van der Waals surface area (Å²) < 4.78 is 1.96. The van der Waals surface area contributed by atoms with Crippen molar-refractivity contribution in [2.45, 2.75) is 20.4 Å². The van der Waals surface area contributed by atoms with Gasteiger partial charge in [-0.3, -0.25) is 4.68 Å². The fourth-order valence-electron chi connectivity index (χ4n) is 1.34. The van der Waals surface area contributed by atoms with Crippen molar-refractivity contribution < 1.29 is 0 Å². The lowest BCUT2D eigenvalue weighted by atomic mass is 10.2. The average molecular weight is 160 g/mol. The van der Waals surface area contributed by atoms with Crippen molar-refractivity contribution in [3.8, 4) is 0 Å². The Kier molecular flexibility index (Phi) is 1.61. The predicted molar refractivity (Wildman–Crippen MR) is 50.1 cm³/mol. The highest BCUT2D eigenvalue weighted by atomic mass is 15.3. The number of benzene rings is 1. The van der Waals surface area contributed by atoms with E-state index in [1.165, 1.54) is 10.9 Å². The van der Waals surface area contributed by atoms with Crippen molar-refractivity contribution in [2.24, 2.45) is 0 Å². The minimum Gasteiger partial charge on any atom is -0.272 e. The second-order valence-corrected chi connectivity index (χ2v) is 3.05. The largest absolute Gasteiger partial charge is 0.272 e. The second kappa shape index (κ2) is 2.63. The highest BCUT2D eigenvalue weighted by Crippen LogP contribution is 2.13. The van der Waals surface area contributed by atoms with E-state index in [1.807, 2.05) is 4.68 Å². The van der Waals surface area contributed by atoms with Gasteiger partial charge in [0.2, 0.25) is 0 Å². The molecule has 0 N–H and O–H groups in total. The monoisotopic (exact) mass is 160 g/mol. The van der Waals surface area contributed by atoms with Gasteiger partial charge in [0, 0.05) is 18.1 Å². The third-order valence-electron chi connectivity index (χ3n) is 2.03. The minimum atomic E-state index is 0.938. The van der Waals surface area contributed by atoms with Crippen LogP contribution in [0.1, 0.15) is 12.5 Å². The van der Waals surface area contributed by atoms with Crippen molar-refractivity contribution >= 4 is 10.9 Å². The fourth-order valence-corrected chi connectivity index (χ4v) is 1.34. The highest BCUT2D eigenvalue weighted by molar-refractivity contribution is 5.78. The normalized spacial score (nSPS) is 10.8. The Hall–Kier alpha value is -1.31. The first-order valence-corrected chi connectivity index (χ1v) is 4.23. The molecule has 62 valence electrons. The van der Waals surface area contributed by atoms with Crippen molar-refractivity contribution in [2.75, 3.05) is 0 Å². The molecule has 0 saturated heterocycles. The Bertz CT molecular complexity index is 401. The average Bonchev–Trinajstić information content (AvgIpc) is 2.46. The van der Waals surface area contributed by atoms with E-state index in [4.69, 9.17) is 0 Å². The van der Waals surface area contributed by atoms with Crippen LogP contribution < -0.4 is 0 Å². The maximum absolute atomic E-state index is 4.41. The second-order valence-electron chi connectivity index (χ2n) is 3.05. The Morgan fingerprint density at radius 2 is 2.25 bits per heavy atom. The Morgan fingerprint density at radius 1 is 1.42 bits per heavy atom. The predicted octanol–water partition coefficient (Wildman–Crippen LogP) is 2.36. The first kappa shape index (κ1) is 7.35. The van der Waals surface area contributed by atoms with Gasteiger partial charge in [-0.2, -0.15) is 5.10 Å². The molecule has 0 atom stereocenters. The van der Waals surface area contributed by atoms with Crippen LogP contribution in [0.4, 0.5) is 0 Å².